The van der Waals surface area contributed by atoms with Crippen LogP contribution < -0.4 is 16.6 Å². The number of benzene rings is 1. The highest BCUT2D eigenvalue weighted by Crippen LogP contribution is 2.08. The summed E-state index contributed by atoms with van der Waals surface area (Å²) in [4.78, 5) is 23.4. The lowest BCUT2D eigenvalue weighted by molar-refractivity contribution is 0.628. The van der Waals surface area contributed by atoms with Crippen molar-refractivity contribution in [2.75, 3.05) is 5.32 Å². The zero-order chi connectivity index (χ0) is 14.0. The molecule has 0 spiro atoms. The molecule has 0 atom stereocenters. The Labute approximate surface area is 108 Å². The van der Waals surface area contributed by atoms with E-state index in [1.54, 1.807) is 19.2 Å². The Morgan fingerprint density at radius 1 is 1.16 bits per heavy atom. The van der Waals surface area contributed by atoms with Crippen molar-refractivity contribution in [2.24, 2.45) is 14.1 Å². The number of anilines is 1. The number of hydrogen-bond donors (Lipinski definition) is 1. The van der Waals surface area contributed by atoms with E-state index in [-0.39, 0.29) is 23.6 Å². The zero-order valence-electron chi connectivity index (χ0n) is 10.7. The largest absolute Gasteiger partial charge is 0.381 e. The van der Waals surface area contributed by atoms with E-state index in [0.29, 0.717) is 11.3 Å². The Morgan fingerprint density at radius 3 is 2.42 bits per heavy atom. The first kappa shape index (κ1) is 13.1. The highest BCUT2D eigenvalue weighted by Gasteiger charge is 2.06. The number of aryl methyl sites for hydroxylation is 1. The predicted octanol–water partition coefficient (Wildman–Crippen LogP) is 0.835. The van der Waals surface area contributed by atoms with Crippen molar-refractivity contribution in [3.63, 3.8) is 0 Å². The maximum atomic E-state index is 12.7. The van der Waals surface area contributed by atoms with Gasteiger partial charge in [-0.25, -0.2) is 9.18 Å². The van der Waals surface area contributed by atoms with E-state index in [4.69, 9.17) is 0 Å². The normalized spacial score (nSPS) is 10.5. The van der Waals surface area contributed by atoms with Gasteiger partial charge in [-0.15, -0.1) is 0 Å². The van der Waals surface area contributed by atoms with E-state index in [1.807, 2.05) is 0 Å². The van der Waals surface area contributed by atoms with Crippen molar-refractivity contribution in [2.45, 2.75) is 6.54 Å². The molecule has 100 valence electrons. The predicted molar refractivity (Wildman–Crippen MR) is 70.7 cm³/mol. The number of nitrogens with zero attached hydrogens (tertiary/aromatic N) is 2. The summed E-state index contributed by atoms with van der Waals surface area (Å²) >= 11 is 0. The molecule has 0 amide bonds. The average Bonchev–Trinajstić information content (AvgIpc) is 2.41. The molecule has 2 rings (SSSR count). The van der Waals surface area contributed by atoms with Gasteiger partial charge in [-0.3, -0.25) is 9.36 Å². The first-order valence-electron chi connectivity index (χ1n) is 5.74. The second-order valence-electron chi connectivity index (χ2n) is 4.27. The third-order valence-corrected chi connectivity index (χ3v) is 2.84. The third kappa shape index (κ3) is 2.73. The van der Waals surface area contributed by atoms with Crippen molar-refractivity contribution in [3.8, 4) is 0 Å². The fraction of sp³-hybridized carbons (Fsp3) is 0.231. The molecular formula is C13H14FN3O2. The average molecular weight is 263 g/mol. The Kier molecular flexibility index (Phi) is 3.50. The molecule has 5 nitrogen and oxygen atoms in total. The molecule has 19 heavy (non-hydrogen) atoms. The molecule has 1 aromatic heterocycles. The first-order chi connectivity index (χ1) is 8.99. The lowest BCUT2D eigenvalue weighted by Crippen LogP contribution is -2.38. The summed E-state index contributed by atoms with van der Waals surface area (Å²) in [7, 11) is 3.02. The molecule has 0 radical (unpaired) electrons. The van der Waals surface area contributed by atoms with E-state index in [2.05, 4.69) is 5.32 Å². The second-order valence-corrected chi connectivity index (χ2v) is 4.27. The summed E-state index contributed by atoms with van der Waals surface area (Å²) in [5.74, 6) is -0.316. The molecule has 0 aliphatic rings. The lowest BCUT2D eigenvalue weighted by atomic mass is 10.3. The van der Waals surface area contributed by atoms with Crippen LogP contribution in [0.4, 0.5) is 10.1 Å². The van der Waals surface area contributed by atoms with Gasteiger partial charge >= 0.3 is 5.69 Å². The van der Waals surface area contributed by atoms with E-state index in [9.17, 15) is 14.0 Å². The number of aromatic nitrogens is 2. The van der Waals surface area contributed by atoms with E-state index in [1.165, 1.54) is 29.9 Å². The van der Waals surface area contributed by atoms with Gasteiger partial charge < -0.3 is 9.88 Å². The number of rotatable bonds is 3. The van der Waals surface area contributed by atoms with Crippen molar-refractivity contribution < 1.29 is 4.39 Å². The van der Waals surface area contributed by atoms with Gasteiger partial charge in [0.25, 0.3) is 5.56 Å². The molecule has 1 aromatic carbocycles. The van der Waals surface area contributed by atoms with E-state index in [0.717, 1.165) is 4.57 Å². The minimum atomic E-state index is -0.365. The van der Waals surface area contributed by atoms with Gasteiger partial charge in [0, 0.05) is 32.5 Å². The van der Waals surface area contributed by atoms with Crippen LogP contribution in [0.3, 0.4) is 0 Å². The molecule has 0 saturated carbocycles. The highest BCUT2D eigenvalue weighted by molar-refractivity contribution is 5.43. The van der Waals surface area contributed by atoms with Gasteiger partial charge in [-0.05, 0) is 24.3 Å². The number of hydrogen-bond acceptors (Lipinski definition) is 3. The van der Waals surface area contributed by atoms with E-state index >= 15 is 0 Å². The van der Waals surface area contributed by atoms with Crippen LogP contribution in [0, 0.1) is 5.82 Å². The van der Waals surface area contributed by atoms with Crippen LogP contribution in [0.15, 0.2) is 40.1 Å². The van der Waals surface area contributed by atoms with Crippen LogP contribution in [-0.2, 0) is 20.6 Å². The molecule has 2 aromatic rings. The summed E-state index contributed by atoms with van der Waals surface area (Å²) in [6.45, 7) is 0.270. The number of halogens is 1. The third-order valence-electron chi connectivity index (χ3n) is 2.84. The summed E-state index contributed by atoms with van der Waals surface area (Å²) < 4.78 is 15.2. The molecule has 0 fully saturated rings. The first-order valence-corrected chi connectivity index (χ1v) is 5.74. The quantitative estimate of drug-likeness (QED) is 0.892. The van der Waals surface area contributed by atoms with Gasteiger partial charge in [0.1, 0.15) is 5.82 Å². The molecule has 0 unspecified atom stereocenters. The Balaban J connectivity index is 2.23. The standard InChI is InChI=1S/C13H14FN3O2/c1-16-8-9(12(18)17(2)13(16)19)7-15-11-5-3-10(14)4-6-11/h3-6,8,15H,7H2,1-2H3. The Morgan fingerprint density at radius 2 is 1.79 bits per heavy atom. The topological polar surface area (TPSA) is 56.0 Å². The van der Waals surface area contributed by atoms with Gasteiger partial charge in [0.2, 0.25) is 0 Å². The van der Waals surface area contributed by atoms with Crippen LogP contribution in [-0.4, -0.2) is 9.13 Å². The van der Waals surface area contributed by atoms with Crippen LogP contribution in [0.5, 0.6) is 0 Å². The molecular weight excluding hydrogens is 249 g/mol. The van der Waals surface area contributed by atoms with Crippen molar-refractivity contribution in [3.05, 3.63) is 62.7 Å². The minimum Gasteiger partial charge on any atom is -0.381 e. The maximum Gasteiger partial charge on any atom is 0.330 e. The fourth-order valence-corrected chi connectivity index (χ4v) is 1.77. The Hall–Kier alpha value is -2.37. The summed E-state index contributed by atoms with van der Waals surface area (Å²) in [5.41, 5.74) is 0.472. The lowest BCUT2D eigenvalue weighted by Gasteiger charge is -2.09. The van der Waals surface area contributed by atoms with Gasteiger partial charge in [-0.1, -0.05) is 0 Å². The minimum absolute atomic E-state index is 0.270. The van der Waals surface area contributed by atoms with Crippen molar-refractivity contribution in [1.82, 2.24) is 9.13 Å². The zero-order valence-corrected chi connectivity index (χ0v) is 10.7. The SMILES string of the molecule is Cn1cc(CNc2ccc(F)cc2)c(=O)n(C)c1=O. The number of nitrogens with one attached hydrogen (secondary N) is 1. The van der Waals surface area contributed by atoms with Crippen LogP contribution in [0.2, 0.25) is 0 Å². The van der Waals surface area contributed by atoms with E-state index < -0.39 is 0 Å². The monoisotopic (exact) mass is 263 g/mol. The molecule has 0 aliphatic heterocycles. The molecule has 0 aliphatic carbocycles. The molecule has 1 N–H and O–H groups in total. The van der Waals surface area contributed by atoms with Crippen LogP contribution in [0.25, 0.3) is 0 Å². The summed E-state index contributed by atoms with van der Waals surface area (Å²) in [6.07, 6.45) is 1.50. The van der Waals surface area contributed by atoms with Crippen molar-refractivity contribution in [1.29, 1.82) is 0 Å². The van der Waals surface area contributed by atoms with Gasteiger partial charge in [-0.2, -0.15) is 0 Å². The molecule has 0 saturated heterocycles. The fourth-order valence-electron chi connectivity index (χ4n) is 1.77. The maximum absolute atomic E-state index is 12.7. The summed E-state index contributed by atoms with van der Waals surface area (Å²) in [6, 6.07) is 5.84. The van der Waals surface area contributed by atoms with Gasteiger partial charge in [0.15, 0.2) is 0 Å². The van der Waals surface area contributed by atoms with Crippen LogP contribution in [0.1, 0.15) is 5.56 Å². The Bertz CT molecular complexity index is 701. The smallest absolute Gasteiger partial charge is 0.330 e. The molecule has 0 bridgehead atoms. The summed E-state index contributed by atoms with van der Waals surface area (Å²) in [5, 5.41) is 3.01. The molecule has 6 heteroatoms. The van der Waals surface area contributed by atoms with Crippen molar-refractivity contribution >= 4 is 5.69 Å². The molecule has 1 heterocycles. The van der Waals surface area contributed by atoms with Crippen LogP contribution >= 0.6 is 0 Å². The highest BCUT2D eigenvalue weighted by atomic mass is 19.1. The second kappa shape index (κ2) is 5.09. The van der Waals surface area contributed by atoms with Gasteiger partial charge in [0.05, 0.1) is 5.56 Å².